The Morgan fingerprint density at radius 3 is 1.39 bits per heavy atom. The molecule has 0 saturated carbocycles. The summed E-state index contributed by atoms with van der Waals surface area (Å²) in [6.45, 7) is 4.92. The van der Waals surface area contributed by atoms with Gasteiger partial charge in [-0.3, -0.25) is 4.79 Å². The Kier molecular flexibility index (Phi) is 19.3. The molecule has 0 radical (unpaired) electrons. The van der Waals surface area contributed by atoms with E-state index >= 15 is 0 Å². The highest BCUT2D eigenvalue weighted by molar-refractivity contribution is 6.03. The van der Waals surface area contributed by atoms with E-state index in [1.54, 1.807) is 24.3 Å². The van der Waals surface area contributed by atoms with E-state index in [0.717, 1.165) is 25.7 Å². The first-order chi connectivity index (χ1) is 15.1. The molecular weight excluding hydrogens is 396 g/mol. The Morgan fingerprint density at radius 1 is 0.710 bits per heavy atom. The number of hydrogen-bond acceptors (Lipinski definition) is 5. The van der Waals surface area contributed by atoms with Crippen LogP contribution in [0.4, 0.5) is 0 Å². The minimum Gasteiger partial charge on any atom is -0.483 e. The van der Waals surface area contributed by atoms with Gasteiger partial charge in [-0.25, -0.2) is 9.59 Å². The fraction of sp³-hybridized carbons (Fsp3) is 0.640. The van der Waals surface area contributed by atoms with Crippen LogP contribution in [-0.4, -0.2) is 36.7 Å². The van der Waals surface area contributed by atoms with E-state index in [0.29, 0.717) is 24.3 Å². The second-order valence-corrected chi connectivity index (χ2v) is 7.46. The maximum absolute atomic E-state index is 12.4. The third kappa shape index (κ3) is 15.1. The molecule has 1 rings (SSSR count). The molecule has 31 heavy (non-hydrogen) atoms. The molecule has 0 aliphatic heterocycles. The molecule has 0 amide bonds. The van der Waals surface area contributed by atoms with Crippen molar-refractivity contribution in [3.8, 4) is 0 Å². The minimum absolute atomic E-state index is 0.250. The Hall–Kier alpha value is -2.37. The zero-order chi connectivity index (χ0) is 23.2. The van der Waals surface area contributed by atoms with Gasteiger partial charge in [-0.1, -0.05) is 90.2 Å². The summed E-state index contributed by atoms with van der Waals surface area (Å²) in [5.74, 6) is -0.888. The van der Waals surface area contributed by atoms with Crippen molar-refractivity contribution >= 4 is 18.4 Å². The summed E-state index contributed by atoms with van der Waals surface area (Å²) >= 11 is 0. The van der Waals surface area contributed by atoms with Gasteiger partial charge >= 0.3 is 11.9 Å². The van der Waals surface area contributed by atoms with Gasteiger partial charge in [-0.2, -0.15) is 0 Å². The first-order valence-corrected chi connectivity index (χ1v) is 11.6. The normalized spacial score (nSPS) is 10.0. The van der Waals surface area contributed by atoms with E-state index < -0.39 is 11.9 Å². The van der Waals surface area contributed by atoms with Crippen molar-refractivity contribution in [2.24, 2.45) is 0 Å². The summed E-state index contributed by atoms with van der Waals surface area (Å²) in [6.07, 6.45) is 13.6. The van der Waals surface area contributed by atoms with Crippen LogP contribution in [0.3, 0.4) is 0 Å². The number of esters is 2. The molecule has 0 saturated heterocycles. The smallest absolute Gasteiger partial charge is 0.339 e. The van der Waals surface area contributed by atoms with E-state index in [-0.39, 0.29) is 6.47 Å². The maximum Gasteiger partial charge on any atom is 0.339 e. The molecule has 0 aliphatic rings. The third-order valence-corrected chi connectivity index (χ3v) is 4.83. The monoisotopic (exact) mass is 436 g/mol. The standard InChI is InChI=1S/C24H38O4.CH2O2/c1-3-5-7-9-11-15-19-27-23(25)21-17-13-14-18-22(21)24(26)28-20-16-12-10-8-6-4-2;2-1-3/h13-14,17-18H,3-12,15-16,19-20H2,1-2H3;1H,(H,2,3). The average molecular weight is 437 g/mol. The molecule has 0 bridgehead atoms. The highest BCUT2D eigenvalue weighted by Gasteiger charge is 2.18. The molecule has 0 spiro atoms. The zero-order valence-electron chi connectivity index (χ0n) is 19.3. The number of hydrogen-bond donors (Lipinski definition) is 1. The number of unbranched alkanes of at least 4 members (excludes halogenated alkanes) is 10. The van der Waals surface area contributed by atoms with Gasteiger partial charge in [0.2, 0.25) is 0 Å². The van der Waals surface area contributed by atoms with Crippen molar-refractivity contribution < 1.29 is 29.0 Å². The van der Waals surface area contributed by atoms with Crippen molar-refractivity contribution in [1.29, 1.82) is 0 Å². The molecule has 0 aliphatic carbocycles. The fourth-order valence-corrected chi connectivity index (χ4v) is 3.09. The molecule has 0 aromatic heterocycles. The lowest BCUT2D eigenvalue weighted by Gasteiger charge is -2.10. The fourth-order valence-electron chi connectivity index (χ4n) is 3.09. The highest BCUT2D eigenvalue weighted by Crippen LogP contribution is 2.14. The van der Waals surface area contributed by atoms with Crippen LogP contribution in [0.1, 0.15) is 112 Å². The van der Waals surface area contributed by atoms with Gasteiger partial charge in [0, 0.05) is 0 Å². The van der Waals surface area contributed by atoms with Crippen LogP contribution in [0.15, 0.2) is 24.3 Å². The molecule has 0 atom stereocenters. The largest absolute Gasteiger partial charge is 0.483 e. The maximum atomic E-state index is 12.4. The van der Waals surface area contributed by atoms with Crippen molar-refractivity contribution in [1.82, 2.24) is 0 Å². The van der Waals surface area contributed by atoms with Gasteiger partial charge in [-0.05, 0) is 25.0 Å². The van der Waals surface area contributed by atoms with Gasteiger partial charge in [0.1, 0.15) is 0 Å². The second-order valence-electron chi connectivity index (χ2n) is 7.46. The van der Waals surface area contributed by atoms with Gasteiger partial charge in [0.15, 0.2) is 0 Å². The quantitative estimate of drug-likeness (QED) is 0.183. The first-order valence-electron chi connectivity index (χ1n) is 11.6. The predicted molar refractivity (Wildman–Crippen MR) is 122 cm³/mol. The first kappa shape index (κ1) is 28.6. The van der Waals surface area contributed by atoms with E-state index in [9.17, 15) is 9.59 Å². The molecule has 6 heteroatoms. The Balaban J connectivity index is 0.00000282. The summed E-state index contributed by atoms with van der Waals surface area (Å²) in [5, 5.41) is 6.89. The Labute approximate surface area is 187 Å². The van der Waals surface area contributed by atoms with E-state index in [2.05, 4.69) is 13.8 Å². The lowest BCUT2D eigenvalue weighted by molar-refractivity contribution is -0.122. The van der Waals surface area contributed by atoms with Crippen LogP contribution in [0.25, 0.3) is 0 Å². The van der Waals surface area contributed by atoms with Gasteiger partial charge in [-0.15, -0.1) is 0 Å². The molecule has 176 valence electrons. The van der Waals surface area contributed by atoms with Crippen LogP contribution in [0.5, 0.6) is 0 Å². The lowest BCUT2D eigenvalue weighted by Crippen LogP contribution is -2.15. The molecule has 0 fully saturated rings. The summed E-state index contributed by atoms with van der Waals surface area (Å²) in [5.41, 5.74) is 0.586. The number of benzene rings is 1. The molecule has 0 heterocycles. The topological polar surface area (TPSA) is 89.9 Å². The third-order valence-electron chi connectivity index (χ3n) is 4.83. The predicted octanol–water partition coefficient (Wildman–Crippen LogP) is 6.42. The van der Waals surface area contributed by atoms with E-state index in [1.807, 2.05) is 0 Å². The zero-order valence-corrected chi connectivity index (χ0v) is 19.3. The highest BCUT2D eigenvalue weighted by atomic mass is 16.5. The van der Waals surface area contributed by atoms with Crippen LogP contribution in [-0.2, 0) is 14.3 Å². The summed E-state index contributed by atoms with van der Waals surface area (Å²) < 4.78 is 10.7. The molecule has 1 aromatic rings. The average Bonchev–Trinajstić information content (AvgIpc) is 2.78. The van der Waals surface area contributed by atoms with Crippen LogP contribution in [0.2, 0.25) is 0 Å². The van der Waals surface area contributed by atoms with Crippen LogP contribution >= 0.6 is 0 Å². The Morgan fingerprint density at radius 2 is 1.03 bits per heavy atom. The lowest BCUT2D eigenvalue weighted by atomic mass is 10.1. The van der Waals surface area contributed by atoms with Crippen LogP contribution < -0.4 is 0 Å². The SMILES string of the molecule is CCCCCCCCOC(=O)c1ccccc1C(=O)OCCCCCCCC.O=CO. The number of carbonyl (C=O) groups is 3. The van der Waals surface area contributed by atoms with Crippen molar-refractivity contribution in [3.05, 3.63) is 35.4 Å². The number of rotatable bonds is 16. The molecule has 1 N–H and O–H groups in total. The molecule has 6 nitrogen and oxygen atoms in total. The second kappa shape index (κ2) is 20.9. The Bertz CT molecular complexity index is 550. The number of carbonyl (C=O) groups excluding carboxylic acids is 2. The van der Waals surface area contributed by atoms with Crippen LogP contribution in [0, 0.1) is 0 Å². The molecule has 0 unspecified atom stereocenters. The van der Waals surface area contributed by atoms with E-state index in [1.165, 1.54) is 51.4 Å². The molecular formula is C25H40O6. The number of carboxylic acid groups (broad SMARTS) is 1. The van der Waals surface area contributed by atoms with E-state index in [4.69, 9.17) is 19.4 Å². The summed E-state index contributed by atoms with van der Waals surface area (Å²) in [6, 6.07) is 6.74. The molecule has 1 aromatic carbocycles. The minimum atomic E-state index is -0.444. The van der Waals surface area contributed by atoms with Crippen molar-refractivity contribution in [2.45, 2.75) is 90.9 Å². The van der Waals surface area contributed by atoms with Gasteiger partial charge in [0.05, 0.1) is 24.3 Å². The summed E-state index contributed by atoms with van der Waals surface area (Å²) in [4.78, 5) is 33.1. The summed E-state index contributed by atoms with van der Waals surface area (Å²) in [7, 11) is 0. The van der Waals surface area contributed by atoms with Crippen molar-refractivity contribution in [2.75, 3.05) is 13.2 Å². The van der Waals surface area contributed by atoms with Crippen molar-refractivity contribution in [3.63, 3.8) is 0 Å². The number of ether oxygens (including phenoxy) is 2. The van der Waals surface area contributed by atoms with Gasteiger partial charge < -0.3 is 14.6 Å². The van der Waals surface area contributed by atoms with Gasteiger partial charge in [0.25, 0.3) is 6.47 Å².